The molecule has 0 amide bonds. The Bertz CT molecular complexity index is 597. The van der Waals surface area contributed by atoms with E-state index in [0.29, 0.717) is 5.56 Å². The average Bonchev–Trinajstić information content (AvgIpc) is 2.48. The van der Waals surface area contributed by atoms with E-state index in [9.17, 15) is 8.42 Å². The van der Waals surface area contributed by atoms with E-state index in [-0.39, 0.29) is 10.9 Å². The predicted molar refractivity (Wildman–Crippen MR) is 77.5 cm³/mol. The summed E-state index contributed by atoms with van der Waals surface area (Å²) in [6, 6.07) is 8.13. The number of hydrogen-bond donors (Lipinski definition) is 1. The Hall–Kier alpha value is -1.38. The van der Waals surface area contributed by atoms with Crippen molar-refractivity contribution in [3.63, 3.8) is 0 Å². The van der Waals surface area contributed by atoms with Gasteiger partial charge in [0.25, 0.3) is 0 Å². The number of nitriles is 1. The number of sulfonamides is 1. The minimum absolute atomic E-state index is 0.0218. The second-order valence-corrected chi connectivity index (χ2v) is 7.10. The molecule has 2 rings (SSSR count). The molecule has 4 nitrogen and oxygen atoms in total. The maximum absolute atomic E-state index is 12.3. The molecule has 1 N–H and O–H groups in total. The zero-order valence-corrected chi connectivity index (χ0v) is 12.5. The smallest absolute Gasteiger partial charge is 0.208 e. The largest absolute Gasteiger partial charge is 0.240 e. The fourth-order valence-electron chi connectivity index (χ4n) is 2.71. The molecule has 1 aliphatic rings. The summed E-state index contributed by atoms with van der Waals surface area (Å²) >= 11 is 0. The molecular formula is C15H20N2O2S. The standard InChI is InChI=1S/C15H20N2O2S/c1-2-12-6-8-14(9-7-12)17-20(18,19)15-5-3-4-13(10-15)11-16/h3-5,10,12,14,17H,2,6-9H2,1H3. The Morgan fingerprint density at radius 1 is 1.30 bits per heavy atom. The summed E-state index contributed by atoms with van der Waals surface area (Å²) in [5.74, 6) is 0.734. The molecule has 1 fully saturated rings. The summed E-state index contributed by atoms with van der Waals surface area (Å²) < 4.78 is 27.4. The van der Waals surface area contributed by atoms with Crippen LogP contribution in [-0.2, 0) is 10.0 Å². The van der Waals surface area contributed by atoms with Crippen molar-refractivity contribution in [3.8, 4) is 6.07 Å². The second-order valence-electron chi connectivity index (χ2n) is 5.39. The van der Waals surface area contributed by atoms with Crippen LogP contribution in [0.5, 0.6) is 0 Å². The molecule has 1 aromatic rings. The minimum atomic E-state index is -3.52. The van der Waals surface area contributed by atoms with Crippen molar-refractivity contribution >= 4 is 10.0 Å². The Balaban J connectivity index is 2.06. The van der Waals surface area contributed by atoms with Gasteiger partial charge < -0.3 is 0 Å². The highest BCUT2D eigenvalue weighted by molar-refractivity contribution is 7.89. The molecule has 1 saturated carbocycles. The van der Waals surface area contributed by atoms with Crippen molar-refractivity contribution in [2.24, 2.45) is 5.92 Å². The van der Waals surface area contributed by atoms with Crippen molar-refractivity contribution in [2.75, 3.05) is 0 Å². The molecule has 0 radical (unpaired) electrons. The van der Waals surface area contributed by atoms with Gasteiger partial charge >= 0.3 is 0 Å². The molecule has 1 aliphatic carbocycles. The van der Waals surface area contributed by atoms with E-state index in [1.807, 2.05) is 6.07 Å². The first-order valence-corrected chi connectivity index (χ1v) is 8.56. The lowest BCUT2D eigenvalue weighted by Crippen LogP contribution is -2.37. The van der Waals surface area contributed by atoms with E-state index in [1.165, 1.54) is 18.6 Å². The van der Waals surface area contributed by atoms with E-state index in [2.05, 4.69) is 11.6 Å². The molecule has 108 valence electrons. The SMILES string of the molecule is CCC1CCC(NS(=O)(=O)c2cccc(C#N)c2)CC1. The number of hydrogen-bond acceptors (Lipinski definition) is 3. The van der Waals surface area contributed by atoms with Crippen LogP contribution >= 0.6 is 0 Å². The van der Waals surface area contributed by atoms with E-state index in [1.54, 1.807) is 12.1 Å². The lowest BCUT2D eigenvalue weighted by molar-refractivity contribution is 0.306. The van der Waals surface area contributed by atoms with Gasteiger partial charge in [-0.2, -0.15) is 5.26 Å². The Labute approximate surface area is 120 Å². The minimum Gasteiger partial charge on any atom is -0.208 e. The predicted octanol–water partition coefficient (Wildman–Crippen LogP) is 2.81. The maximum atomic E-state index is 12.3. The van der Waals surface area contributed by atoms with E-state index < -0.39 is 10.0 Å². The third-order valence-corrected chi connectivity index (χ3v) is 5.54. The van der Waals surface area contributed by atoms with E-state index >= 15 is 0 Å². The first-order chi connectivity index (χ1) is 9.55. The summed E-state index contributed by atoms with van der Waals surface area (Å²) in [4.78, 5) is 0.175. The average molecular weight is 292 g/mol. The van der Waals surface area contributed by atoms with Gasteiger partial charge in [0, 0.05) is 6.04 Å². The summed E-state index contributed by atoms with van der Waals surface area (Å²) in [5.41, 5.74) is 0.363. The first kappa shape index (κ1) is 15.0. The van der Waals surface area contributed by atoms with Gasteiger partial charge in [-0.3, -0.25) is 0 Å². The van der Waals surface area contributed by atoms with Gasteiger partial charge in [-0.15, -0.1) is 0 Å². The maximum Gasteiger partial charge on any atom is 0.240 e. The molecule has 0 saturated heterocycles. The van der Waals surface area contributed by atoms with Crippen LogP contribution in [0, 0.1) is 17.2 Å². The molecule has 0 atom stereocenters. The van der Waals surface area contributed by atoms with Gasteiger partial charge in [0.05, 0.1) is 16.5 Å². The fraction of sp³-hybridized carbons (Fsp3) is 0.533. The van der Waals surface area contributed by atoms with E-state index in [4.69, 9.17) is 5.26 Å². The van der Waals surface area contributed by atoms with Gasteiger partial charge in [0.2, 0.25) is 10.0 Å². The number of benzene rings is 1. The Kier molecular flexibility index (Phi) is 4.79. The number of nitrogens with zero attached hydrogens (tertiary/aromatic N) is 1. The van der Waals surface area contributed by atoms with Crippen LogP contribution in [-0.4, -0.2) is 14.5 Å². The van der Waals surface area contributed by atoms with Crippen molar-refractivity contribution in [3.05, 3.63) is 29.8 Å². The zero-order valence-electron chi connectivity index (χ0n) is 11.7. The van der Waals surface area contributed by atoms with Gasteiger partial charge in [0.15, 0.2) is 0 Å². The fourth-order valence-corrected chi connectivity index (χ4v) is 4.06. The molecule has 0 aromatic heterocycles. The normalized spacial score (nSPS) is 23.2. The summed E-state index contributed by atoms with van der Waals surface area (Å²) in [6.45, 7) is 2.18. The second kappa shape index (κ2) is 6.38. The highest BCUT2D eigenvalue weighted by Gasteiger charge is 2.25. The van der Waals surface area contributed by atoms with Crippen molar-refractivity contribution in [1.29, 1.82) is 5.26 Å². The molecule has 1 aromatic carbocycles. The van der Waals surface area contributed by atoms with Crippen LogP contribution in [0.15, 0.2) is 29.2 Å². The van der Waals surface area contributed by atoms with Crippen LogP contribution in [0.2, 0.25) is 0 Å². The molecule has 20 heavy (non-hydrogen) atoms. The first-order valence-electron chi connectivity index (χ1n) is 7.07. The topological polar surface area (TPSA) is 70.0 Å². The van der Waals surface area contributed by atoms with Crippen LogP contribution in [0.1, 0.15) is 44.6 Å². The highest BCUT2D eigenvalue weighted by atomic mass is 32.2. The van der Waals surface area contributed by atoms with Gasteiger partial charge in [-0.05, 0) is 49.8 Å². The van der Waals surface area contributed by atoms with Crippen LogP contribution in [0.4, 0.5) is 0 Å². The van der Waals surface area contributed by atoms with Gasteiger partial charge in [0.1, 0.15) is 0 Å². The van der Waals surface area contributed by atoms with Crippen LogP contribution in [0.3, 0.4) is 0 Å². The third-order valence-electron chi connectivity index (χ3n) is 4.02. The Morgan fingerprint density at radius 3 is 2.60 bits per heavy atom. The van der Waals surface area contributed by atoms with Crippen LogP contribution < -0.4 is 4.72 Å². The highest BCUT2D eigenvalue weighted by Crippen LogP contribution is 2.27. The molecule has 5 heteroatoms. The van der Waals surface area contributed by atoms with E-state index in [0.717, 1.165) is 31.6 Å². The molecule has 0 heterocycles. The lowest BCUT2D eigenvalue weighted by atomic mass is 9.85. The summed E-state index contributed by atoms with van der Waals surface area (Å²) in [5, 5.41) is 8.84. The van der Waals surface area contributed by atoms with Gasteiger partial charge in [-0.25, -0.2) is 13.1 Å². The van der Waals surface area contributed by atoms with Crippen molar-refractivity contribution in [2.45, 2.75) is 50.0 Å². The number of rotatable bonds is 4. The molecular weight excluding hydrogens is 272 g/mol. The molecule has 0 bridgehead atoms. The van der Waals surface area contributed by atoms with Gasteiger partial charge in [-0.1, -0.05) is 19.4 Å². The monoisotopic (exact) mass is 292 g/mol. The molecule has 0 aliphatic heterocycles. The van der Waals surface area contributed by atoms with Crippen molar-refractivity contribution in [1.82, 2.24) is 4.72 Å². The Morgan fingerprint density at radius 2 is 2.00 bits per heavy atom. The van der Waals surface area contributed by atoms with Crippen molar-refractivity contribution < 1.29 is 8.42 Å². The zero-order chi connectivity index (χ0) is 14.6. The summed E-state index contributed by atoms with van der Waals surface area (Å²) in [6.07, 6.45) is 5.14. The third kappa shape index (κ3) is 3.59. The lowest BCUT2D eigenvalue weighted by Gasteiger charge is -2.28. The van der Waals surface area contributed by atoms with Crippen LogP contribution in [0.25, 0.3) is 0 Å². The molecule has 0 unspecified atom stereocenters. The quantitative estimate of drug-likeness (QED) is 0.927. The summed E-state index contributed by atoms with van der Waals surface area (Å²) in [7, 11) is -3.52. The number of nitrogens with one attached hydrogen (secondary N) is 1. The molecule has 0 spiro atoms.